The Morgan fingerprint density at radius 3 is 2.43 bits per heavy atom. The lowest BCUT2D eigenvalue weighted by atomic mass is 10.0. The largest absolute Gasteiger partial charge is 0.355 e. The summed E-state index contributed by atoms with van der Waals surface area (Å²) in [4.78, 5) is 25.4. The van der Waals surface area contributed by atoms with Gasteiger partial charge in [0.1, 0.15) is 0 Å². The van der Waals surface area contributed by atoms with Gasteiger partial charge in [-0.05, 0) is 47.4 Å². The molecule has 0 radical (unpaired) electrons. The van der Waals surface area contributed by atoms with E-state index in [1.807, 2.05) is 48.2 Å². The molecule has 1 N–H and O–H groups in total. The minimum atomic E-state index is -0.0841. The first-order valence-corrected chi connectivity index (χ1v) is 7.90. The predicted molar refractivity (Wildman–Crippen MR) is 91.6 cm³/mol. The molecule has 0 fully saturated rings. The van der Waals surface area contributed by atoms with Gasteiger partial charge in [0.2, 0.25) is 5.91 Å². The molecule has 2 aromatic rings. The molecule has 0 saturated carbocycles. The number of hydrogen-bond acceptors (Lipinski definition) is 2. The Hall–Kier alpha value is -2.62. The maximum atomic E-state index is 11.9. The highest BCUT2D eigenvalue weighted by atomic mass is 16.2. The molecule has 0 saturated heterocycles. The second-order valence-electron chi connectivity index (χ2n) is 5.65. The quantitative estimate of drug-likeness (QED) is 0.947. The first-order valence-electron chi connectivity index (χ1n) is 7.90. The third-order valence-electron chi connectivity index (χ3n) is 4.29. The molecule has 0 aliphatic carbocycles. The van der Waals surface area contributed by atoms with Gasteiger partial charge in [0.25, 0.3) is 5.91 Å². The molecule has 4 nitrogen and oxygen atoms in total. The van der Waals surface area contributed by atoms with E-state index >= 15 is 0 Å². The van der Waals surface area contributed by atoms with Crippen molar-refractivity contribution in [3.05, 3.63) is 53.6 Å². The Labute approximate surface area is 136 Å². The van der Waals surface area contributed by atoms with Crippen LogP contribution in [0.25, 0.3) is 11.1 Å². The Kier molecular flexibility index (Phi) is 4.15. The summed E-state index contributed by atoms with van der Waals surface area (Å²) >= 11 is 0. The van der Waals surface area contributed by atoms with Crippen LogP contribution in [0.2, 0.25) is 0 Å². The van der Waals surface area contributed by atoms with E-state index in [1.54, 1.807) is 7.05 Å². The third kappa shape index (κ3) is 2.84. The summed E-state index contributed by atoms with van der Waals surface area (Å²) in [5, 5.41) is 2.62. The molecule has 0 atom stereocenters. The number of anilines is 1. The van der Waals surface area contributed by atoms with Gasteiger partial charge >= 0.3 is 0 Å². The highest BCUT2D eigenvalue weighted by Gasteiger charge is 2.23. The van der Waals surface area contributed by atoms with Crippen LogP contribution in [0.15, 0.2) is 42.5 Å². The number of benzene rings is 2. The van der Waals surface area contributed by atoms with Crippen molar-refractivity contribution in [1.82, 2.24) is 5.32 Å². The zero-order valence-corrected chi connectivity index (χ0v) is 13.4. The molecule has 23 heavy (non-hydrogen) atoms. The van der Waals surface area contributed by atoms with Gasteiger partial charge in [-0.25, -0.2) is 0 Å². The standard InChI is InChI=1S/C19H20N2O2/c1-3-18(22)21-11-10-16-12-15(8-9-17(16)21)13-4-6-14(7-5-13)19(23)20-2/h4-9,12H,3,10-11H2,1-2H3,(H,20,23). The van der Waals surface area contributed by atoms with Crippen molar-refractivity contribution in [2.45, 2.75) is 19.8 Å². The van der Waals surface area contributed by atoms with Crippen LogP contribution in [-0.4, -0.2) is 25.4 Å². The van der Waals surface area contributed by atoms with Gasteiger partial charge in [-0.1, -0.05) is 25.1 Å². The van der Waals surface area contributed by atoms with Crippen LogP contribution < -0.4 is 10.2 Å². The summed E-state index contributed by atoms with van der Waals surface area (Å²) in [6.07, 6.45) is 1.42. The van der Waals surface area contributed by atoms with E-state index in [2.05, 4.69) is 11.4 Å². The molecule has 118 valence electrons. The van der Waals surface area contributed by atoms with E-state index in [0.29, 0.717) is 12.0 Å². The summed E-state index contributed by atoms with van der Waals surface area (Å²) in [6.45, 7) is 2.66. The highest BCUT2D eigenvalue weighted by Crippen LogP contribution is 2.32. The summed E-state index contributed by atoms with van der Waals surface area (Å²) < 4.78 is 0. The summed E-state index contributed by atoms with van der Waals surface area (Å²) in [5.41, 5.74) is 5.07. The van der Waals surface area contributed by atoms with Gasteiger partial charge in [-0.3, -0.25) is 9.59 Å². The van der Waals surface area contributed by atoms with Gasteiger partial charge in [-0.2, -0.15) is 0 Å². The average molecular weight is 308 g/mol. The van der Waals surface area contributed by atoms with Gasteiger partial charge in [0.15, 0.2) is 0 Å². The number of rotatable bonds is 3. The SMILES string of the molecule is CCC(=O)N1CCc2cc(-c3ccc(C(=O)NC)cc3)ccc21. The van der Waals surface area contributed by atoms with Crippen molar-refractivity contribution < 1.29 is 9.59 Å². The van der Waals surface area contributed by atoms with Crippen molar-refractivity contribution in [2.24, 2.45) is 0 Å². The maximum absolute atomic E-state index is 11.9. The minimum Gasteiger partial charge on any atom is -0.355 e. The van der Waals surface area contributed by atoms with E-state index < -0.39 is 0 Å². The number of carbonyl (C=O) groups excluding carboxylic acids is 2. The Morgan fingerprint density at radius 2 is 1.78 bits per heavy atom. The first-order chi connectivity index (χ1) is 11.1. The van der Waals surface area contributed by atoms with E-state index in [0.717, 1.165) is 29.8 Å². The number of nitrogens with zero attached hydrogens (tertiary/aromatic N) is 1. The molecule has 1 aliphatic heterocycles. The second-order valence-corrected chi connectivity index (χ2v) is 5.65. The first kappa shape index (κ1) is 15.3. The lowest BCUT2D eigenvalue weighted by molar-refractivity contribution is -0.118. The molecule has 1 aliphatic rings. The monoisotopic (exact) mass is 308 g/mol. The van der Waals surface area contributed by atoms with Crippen LogP contribution in [-0.2, 0) is 11.2 Å². The number of nitrogens with one attached hydrogen (secondary N) is 1. The zero-order valence-electron chi connectivity index (χ0n) is 13.4. The van der Waals surface area contributed by atoms with Crippen LogP contribution in [0.5, 0.6) is 0 Å². The molecule has 2 aromatic carbocycles. The van der Waals surface area contributed by atoms with E-state index in [1.165, 1.54) is 5.56 Å². The average Bonchev–Trinajstić information content (AvgIpc) is 3.03. The predicted octanol–water partition coefficient (Wildman–Crippen LogP) is 3.01. The molecule has 2 amide bonds. The highest BCUT2D eigenvalue weighted by molar-refractivity contribution is 5.96. The van der Waals surface area contributed by atoms with Crippen molar-refractivity contribution in [1.29, 1.82) is 0 Å². The van der Waals surface area contributed by atoms with Crippen molar-refractivity contribution in [3.63, 3.8) is 0 Å². The Bertz CT molecular complexity index is 750. The van der Waals surface area contributed by atoms with Crippen molar-refractivity contribution >= 4 is 17.5 Å². The lowest BCUT2D eigenvalue weighted by Crippen LogP contribution is -2.27. The van der Waals surface area contributed by atoms with Crippen LogP contribution in [0.4, 0.5) is 5.69 Å². The van der Waals surface area contributed by atoms with Crippen LogP contribution in [0, 0.1) is 0 Å². The number of hydrogen-bond donors (Lipinski definition) is 1. The Morgan fingerprint density at radius 1 is 1.09 bits per heavy atom. The van der Waals surface area contributed by atoms with Gasteiger partial charge in [0, 0.05) is 31.3 Å². The summed E-state index contributed by atoms with van der Waals surface area (Å²) in [5.74, 6) is 0.0886. The molecule has 3 rings (SSSR count). The molecule has 4 heteroatoms. The maximum Gasteiger partial charge on any atom is 0.251 e. The number of amides is 2. The van der Waals surface area contributed by atoms with Crippen LogP contribution in [0.1, 0.15) is 29.3 Å². The molecular formula is C19H20N2O2. The lowest BCUT2D eigenvalue weighted by Gasteiger charge is -2.16. The smallest absolute Gasteiger partial charge is 0.251 e. The molecule has 0 aromatic heterocycles. The summed E-state index contributed by atoms with van der Waals surface area (Å²) in [6, 6.07) is 13.8. The summed E-state index contributed by atoms with van der Waals surface area (Å²) in [7, 11) is 1.63. The van der Waals surface area contributed by atoms with Gasteiger partial charge in [-0.15, -0.1) is 0 Å². The van der Waals surface area contributed by atoms with E-state index in [-0.39, 0.29) is 11.8 Å². The molecule has 1 heterocycles. The fourth-order valence-corrected chi connectivity index (χ4v) is 2.99. The van der Waals surface area contributed by atoms with E-state index in [4.69, 9.17) is 0 Å². The normalized spacial score (nSPS) is 12.9. The molecule has 0 spiro atoms. The molecule has 0 bridgehead atoms. The third-order valence-corrected chi connectivity index (χ3v) is 4.29. The van der Waals surface area contributed by atoms with Crippen molar-refractivity contribution in [2.75, 3.05) is 18.5 Å². The zero-order chi connectivity index (χ0) is 16.4. The molecule has 0 unspecified atom stereocenters. The van der Waals surface area contributed by atoms with E-state index in [9.17, 15) is 9.59 Å². The fourth-order valence-electron chi connectivity index (χ4n) is 2.99. The minimum absolute atomic E-state index is 0.0841. The Balaban J connectivity index is 1.88. The fraction of sp³-hybridized carbons (Fsp3) is 0.263. The van der Waals surface area contributed by atoms with Crippen molar-refractivity contribution in [3.8, 4) is 11.1 Å². The number of fused-ring (bicyclic) bond motifs is 1. The van der Waals surface area contributed by atoms with Gasteiger partial charge in [0.05, 0.1) is 0 Å². The van der Waals surface area contributed by atoms with Gasteiger partial charge < -0.3 is 10.2 Å². The van der Waals surface area contributed by atoms with Crippen LogP contribution >= 0.6 is 0 Å². The topological polar surface area (TPSA) is 49.4 Å². The second kappa shape index (κ2) is 6.24. The number of carbonyl (C=O) groups is 2. The molecular weight excluding hydrogens is 288 g/mol. The van der Waals surface area contributed by atoms with Crippen LogP contribution in [0.3, 0.4) is 0 Å².